The third-order valence-corrected chi connectivity index (χ3v) is 2.21. The van der Waals surface area contributed by atoms with Crippen LogP contribution >= 0.6 is 0 Å². The summed E-state index contributed by atoms with van der Waals surface area (Å²) in [5.41, 5.74) is 6.29. The second kappa shape index (κ2) is 5.62. The van der Waals surface area contributed by atoms with Gasteiger partial charge in [0.1, 0.15) is 11.5 Å². The van der Waals surface area contributed by atoms with Gasteiger partial charge in [-0.1, -0.05) is 0 Å². The number of nitrogens with one attached hydrogen (secondary N) is 1. The van der Waals surface area contributed by atoms with E-state index in [1.165, 1.54) is 0 Å². The van der Waals surface area contributed by atoms with E-state index in [0.717, 1.165) is 0 Å². The van der Waals surface area contributed by atoms with Crippen LogP contribution in [0.1, 0.15) is 26.3 Å². The topological polar surface area (TPSA) is 79.9 Å². The Hall–Kier alpha value is -1.91. The second-order valence-electron chi connectivity index (χ2n) is 5.07. The van der Waals surface area contributed by atoms with E-state index in [-0.39, 0.29) is 11.3 Å². The molecule has 100 valence electrons. The van der Waals surface area contributed by atoms with Crippen molar-refractivity contribution in [3.05, 3.63) is 23.8 Å². The molecule has 0 aliphatic carbocycles. The lowest BCUT2D eigenvalue weighted by molar-refractivity contribution is 0.411. The molecule has 0 heterocycles. The molecule has 0 saturated heterocycles. The minimum atomic E-state index is -0.135. The number of hydrogen-bond donors (Lipinski definition) is 3. The van der Waals surface area contributed by atoms with E-state index in [1.807, 2.05) is 20.8 Å². The van der Waals surface area contributed by atoms with Crippen molar-refractivity contribution in [2.24, 2.45) is 10.7 Å². The summed E-state index contributed by atoms with van der Waals surface area (Å²) in [6.07, 6.45) is 0. The molecule has 5 heteroatoms. The summed E-state index contributed by atoms with van der Waals surface area (Å²) in [5.74, 6) is 1.22. The molecule has 0 aromatic heterocycles. The molecule has 0 aliphatic rings. The lowest BCUT2D eigenvalue weighted by atomic mass is 10.1. The van der Waals surface area contributed by atoms with Crippen LogP contribution in [0.4, 0.5) is 0 Å². The number of phenolic OH excluding ortho intramolecular Hbond substituents is 1. The molecule has 0 spiro atoms. The zero-order valence-corrected chi connectivity index (χ0v) is 11.3. The maximum atomic E-state index is 9.69. The normalized spacial score (nSPS) is 12.3. The first-order valence-corrected chi connectivity index (χ1v) is 5.76. The van der Waals surface area contributed by atoms with Crippen molar-refractivity contribution < 1.29 is 9.84 Å². The van der Waals surface area contributed by atoms with Crippen molar-refractivity contribution in [1.29, 1.82) is 0 Å². The lowest BCUT2D eigenvalue weighted by Crippen LogP contribution is -2.44. The zero-order valence-electron chi connectivity index (χ0n) is 11.3. The van der Waals surface area contributed by atoms with Gasteiger partial charge in [-0.2, -0.15) is 0 Å². The highest BCUT2D eigenvalue weighted by molar-refractivity contribution is 5.78. The van der Waals surface area contributed by atoms with E-state index in [4.69, 9.17) is 10.5 Å². The Morgan fingerprint density at radius 1 is 1.44 bits per heavy atom. The van der Waals surface area contributed by atoms with Crippen LogP contribution in [0.3, 0.4) is 0 Å². The maximum Gasteiger partial charge on any atom is 0.189 e. The fraction of sp³-hybridized carbons (Fsp3) is 0.462. The number of nitrogens with two attached hydrogens (primary N) is 1. The van der Waals surface area contributed by atoms with Gasteiger partial charge in [0.25, 0.3) is 0 Å². The molecule has 0 fully saturated rings. The molecule has 5 nitrogen and oxygen atoms in total. The third kappa shape index (κ3) is 4.53. The predicted molar refractivity (Wildman–Crippen MR) is 72.9 cm³/mol. The summed E-state index contributed by atoms with van der Waals surface area (Å²) in [4.78, 5) is 4.18. The highest BCUT2D eigenvalue weighted by atomic mass is 16.5. The van der Waals surface area contributed by atoms with E-state index in [9.17, 15) is 5.11 Å². The Bertz CT molecular complexity index is 436. The summed E-state index contributed by atoms with van der Waals surface area (Å²) < 4.78 is 5.09. The minimum Gasteiger partial charge on any atom is -0.508 e. The highest BCUT2D eigenvalue weighted by Gasteiger charge is 2.10. The number of phenols is 1. The smallest absolute Gasteiger partial charge is 0.189 e. The van der Waals surface area contributed by atoms with Crippen molar-refractivity contribution in [1.82, 2.24) is 5.32 Å². The first kappa shape index (κ1) is 14.2. The number of nitrogens with zero attached hydrogens (tertiary/aromatic N) is 1. The molecule has 0 aliphatic heterocycles. The molecule has 18 heavy (non-hydrogen) atoms. The van der Waals surface area contributed by atoms with Crippen LogP contribution in [-0.4, -0.2) is 23.7 Å². The Morgan fingerprint density at radius 3 is 2.67 bits per heavy atom. The van der Waals surface area contributed by atoms with Crippen LogP contribution < -0.4 is 15.8 Å². The quantitative estimate of drug-likeness (QED) is 0.563. The standard InChI is InChI=1S/C13H21N3O2/c1-13(2,3)16-12(14)15-8-9-7-10(18-4)5-6-11(9)17/h5-7,17H,8H2,1-4H3,(H3,14,15,16). The molecular weight excluding hydrogens is 230 g/mol. The SMILES string of the molecule is COc1ccc(O)c(CN=C(N)NC(C)(C)C)c1. The average Bonchev–Trinajstić information content (AvgIpc) is 2.25. The number of aromatic hydroxyl groups is 1. The molecule has 0 saturated carbocycles. The first-order chi connectivity index (χ1) is 8.31. The van der Waals surface area contributed by atoms with Gasteiger partial charge in [0, 0.05) is 11.1 Å². The predicted octanol–water partition coefficient (Wildman–Crippen LogP) is 1.60. The first-order valence-electron chi connectivity index (χ1n) is 5.76. The summed E-state index contributed by atoms with van der Waals surface area (Å²) in [5, 5.41) is 12.7. The summed E-state index contributed by atoms with van der Waals surface area (Å²) in [7, 11) is 1.58. The fourth-order valence-corrected chi connectivity index (χ4v) is 1.41. The Morgan fingerprint density at radius 2 is 2.11 bits per heavy atom. The minimum absolute atomic E-state index is 0.135. The molecule has 0 atom stereocenters. The number of guanidine groups is 1. The maximum absolute atomic E-state index is 9.69. The van der Waals surface area contributed by atoms with Gasteiger partial charge < -0.3 is 20.9 Å². The largest absolute Gasteiger partial charge is 0.508 e. The van der Waals surface area contributed by atoms with Crippen LogP contribution in [0.2, 0.25) is 0 Å². The van der Waals surface area contributed by atoms with E-state index >= 15 is 0 Å². The van der Waals surface area contributed by atoms with E-state index in [1.54, 1.807) is 25.3 Å². The van der Waals surface area contributed by atoms with Crippen LogP contribution in [-0.2, 0) is 6.54 Å². The van der Waals surface area contributed by atoms with Gasteiger partial charge in [0.15, 0.2) is 5.96 Å². The van der Waals surface area contributed by atoms with Crippen molar-refractivity contribution in [3.8, 4) is 11.5 Å². The zero-order chi connectivity index (χ0) is 13.8. The average molecular weight is 251 g/mol. The second-order valence-corrected chi connectivity index (χ2v) is 5.07. The fourth-order valence-electron chi connectivity index (χ4n) is 1.41. The molecule has 0 bridgehead atoms. The highest BCUT2D eigenvalue weighted by Crippen LogP contribution is 2.23. The Labute approximate surface area is 108 Å². The van der Waals surface area contributed by atoms with Gasteiger partial charge in [0.05, 0.1) is 13.7 Å². The number of hydrogen-bond acceptors (Lipinski definition) is 3. The molecule has 1 rings (SSSR count). The van der Waals surface area contributed by atoms with Gasteiger partial charge in [0.2, 0.25) is 0 Å². The number of benzene rings is 1. The van der Waals surface area contributed by atoms with Gasteiger partial charge in [-0.25, -0.2) is 4.99 Å². The van der Waals surface area contributed by atoms with Gasteiger partial charge >= 0.3 is 0 Å². The lowest BCUT2D eigenvalue weighted by Gasteiger charge is -2.21. The summed E-state index contributed by atoms with van der Waals surface area (Å²) in [6, 6.07) is 5.01. The molecule has 0 unspecified atom stereocenters. The van der Waals surface area contributed by atoms with Gasteiger partial charge in [-0.05, 0) is 39.0 Å². The van der Waals surface area contributed by atoms with Crippen LogP contribution in [0.5, 0.6) is 11.5 Å². The van der Waals surface area contributed by atoms with Crippen molar-refractivity contribution >= 4 is 5.96 Å². The van der Waals surface area contributed by atoms with Crippen molar-refractivity contribution in [2.45, 2.75) is 32.9 Å². The molecule has 4 N–H and O–H groups in total. The van der Waals surface area contributed by atoms with Gasteiger partial charge in [-0.15, -0.1) is 0 Å². The van der Waals surface area contributed by atoms with E-state index < -0.39 is 0 Å². The summed E-state index contributed by atoms with van der Waals surface area (Å²) >= 11 is 0. The molecule has 1 aromatic rings. The van der Waals surface area contributed by atoms with Crippen LogP contribution in [0.25, 0.3) is 0 Å². The Kier molecular flexibility index (Phi) is 4.42. The molecular formula is C13H21N3O2. The molecule has 1 aromatic carbocycles. The summed E-state index contributed by atoms with van der Waals surface area (Å²) in [6.45, 7) is 6.30. The van der Waals surface area contributed by atoms with Crippen LogP contribution in [0.15, 0.2) is 23.2 Å². The van der Waals surface area contributed by atoms with Gasteiger partial charge in [-0.3, -0.25) is 0 Å². The number of aliphatic imine (C=N–C) groups is 1. The molecule has 0 radical (unpaired) electrons. The molecule has 0 amide bonds. The van der Waals surface area contributed by atoms with Crippen molar-refractivity contribution in [2.75, 3.05) is 7.11 Å². The van der Waals surface area contributed by atoms with E-state index in [0.29, 0.717) is 23.8 Å². The number of rotatable bonds is 3. The van der Waals surface area contributed by atoms with Crippen molar-refractivity contribution in [3.63, 3.8) is 0 Å². The van der Waals surface area contributed by atoms with E-state index in [2.05, 4.69) is 10.3 Å². The van der Waals surface area contributed by atoms with Crippen LogP contribution in [0, 0.1) is 0 Å². The third-order valence-electron chi connectivity index (χ3n) is 2.21. The number of methoxy groups -OCH3 is 1. The number of ether oxygens (including phenoxy) is 1. The Balaban J connectivity index is 2.76. The monoisotopic (exact) mass is 251 g/mol.